The maximum atomic E-state index is 13.6. The number of ether oxygens (including phenoxy) is 2. The van der Waals surface area contributed by atoms with E-state index in [-0.39, 0.29) is 0 Å². The quantitative estimate of drug-likeness (QED) is 0.634. The zero-order chi connectivity index (χ0) is 16.6. The molecule has 1 heterocycles. The van der Waals surface area contributed by atoms with Gasteiger partial charge in [-0.2, -0.15) is 0 Å². The summed E-state index contributed by atoms with van der Waals surface area (Å²) in [4.78, 5) is 12.3. The number of fused-ring (bicyclic) bond motifs is 1. The van der Waals surface area contributed by atoms with Gasteiger partial charge >= 0.3 is 5.63 Å². The van der Waals surface area contributed by atoms with Gasteiger partial charge in [-0.1, -0.05) is 6.07 Å². The van der Waals surface area contributed by atoms with E-state index in [2.05, 4.69) is 15.9 Å². The highest BCUT2D eigenvalue weighted by molar-refractivity contribution is 9.10. The van der Waals surface area contributed by atoms with Gasteiger partial charge in [0.05, 0.1) is 24.3 Å². The van der Waals surface area contributed by atoms with Crippen LogP contribution < -0.4 is 15.1 Å². The molecule has 1 aromatic heterocycles. The van der Waals surface area contributed by atoms with Crippen molar-refractivity contribution in [1.29, 1.82) is 0 Å². The van der Waals surface area contributed by atoms with Gasteiger partial charge in [0.15, 0.2) is 17.1 Å². The van der Waals surface area contributed by atoms with Gasteiger partial charge in [0.2, 0.25) is 0 Å². The molecule has 3 rings (SSSR count). The summed E-state index contributed by atoms with van der Waals surface area (Å²) in [6.07, 6.45) is 0. The minimum absolute atomic E-state index is 0.306. The van der Waals surface area contributed by atoms with Crippen LogP contribution in [0.2, 0.25) is 0 Å². The van der Waals surface area contributed by atoms with E-state index in [0.29, 0.717) is 38.1 Å². The summed E-state index contributed by atoms with van der Waals surface area (Å²) in [7, 11) is 3.04. The SMILES string of the molecule is COc1ccc(-c2cc3cc(F)cc(Br)c3oc2=O)cc1OC. The Balaban J connectivity index is 2.24. The Morgan fingerprint density at radius 3 is 2.48 bits per heavy atom. The van der Waals surface area contributed by atoms with Crippen LogP contribution in [0.1, 0.15) is 0 Å². The molecule has 2 aromatic carbocycles. The number of hydrogen-bond acceptors (Lipinski definition) is 4. The highest BCUT2D eigenvalue weighted by Gasteiger charge is 2.13. The van der Waals surface area contributed by atoms with Gasteiger partial charge in [0.1, 0.15) is 5.82 Å². The molecule has 0 amide bonds. The highest BCUT2D eigenvalue weighted by atomic mass is 79.9. The zero-order valence-corrected chi connectivity index (χ0v) is 13.9. The van der Waals surface area contributed by atoms with Crippen molar-refractivity contribution in [2.24, 2.45) is 0 Å². The van der Waals surface area contributed by atoms with E-state index in [1.54, 1.807) is 24.3 Å². The second-order valence-corrected chi connectivity index (χ2v) is 5.68. The normalized spacial score (nSPS) is 10.8. The first-order valence-corrected chi connectivity index (χ1v) is 7.48. The molecule has 118 valence electrons. The van der Waals surface area contributed by atoms with E-state index in [9.17, 15) is 9.18 Å². The van der Waals surface area contributed by atoms with Crippen molar-refractivity contribution in [3.05, 3.63) is 57.1 Å². The summed E-state index contributed by atoms with van der Waals surface area (Å²) in [5.41, 5.74) is 0.701. The third kappa shape index (κ3) is 2.82. The maximum absolute atomic E-state index is 13.6. The predicted octanol–water partition coefficient (Wildman–Crippen LogP) is 4.38. The molecule has 0 atom stereocenters. The topological polar surface area (TPSA) is 48.7 Å². The summed E-state index contributed by atoms with van der Waals surface area (Å²) >= 11 is 3.20. The molecule has 0 aliphatic heterocycles. The molecule has 0 saturated heterocycles. The fourth-order valence-corrected chi connectivity index (χ4v) is 2.89. The molecule has 0 spiro atoms. The summed E-state index contributed by atoms with van der Waals surface area (Å²) in [6, 6.07) is 9.24. The lowest BCUT2D eigenvalue weighted by Crippen LogP contribution is -2.03. The first kappa shape index (κ1) is 15.6. The monoisotopic (exact) mass is 378 g/mol. The molecule has 23 heavy (non-hydrogen) atoms. The summed E-state index contributed by atoms with van der Waals surface area (Å²) < 4.78 is 29.7. The predicted molar refractivity (Wildman–Crippen MR) is 88.7 cm³/mol. The van der Waals surface area contributed by atoms with Crippen LogP contribution in [0.25, 0.3) is 22.1 Å². The highest BCUT2D eigenvalue weighted by Crippen LogP contribution is 2.33. The van der Waals surface area contributed by atoms with Crippen molar-refractivity contribution >= 4 is 26.9 Å². The average molecular weight is 379 g/mol. The second-order valence-electron chi connectivity index (χ2n) is 4.82. The Morgan fingerprint density at radius 1 is 1.04 bits per heavy atom. The van der Waals surface area contributed by atoms with Gasteiger partial charge in [-0.25, -0.2) is 9.18 Å². The lowest BCUT2D eigenvalue weighted by molar-refractivity contribution is 0.355. The summed E-state index contributed by atoms with van der Waals surface area (Å²) in [5.74, 6) is 0.622. The third-order valence-corrected chi connectivity index (χ3v) is 4.04. The molecule has 4 nitrogen and oxygen atoms in total. The van der Waals surface area contributed by atoms with Crippen molar-refractivity contribution in [3.8, 4) is 22.6 Å². The average Bonchev–Trinajstić information content (AvgIpc) is 2.54. The van der Waals surface area contributed by atoms with Crippen LogP contribution in [0.5, 0.6) is 11.5 Å². The fourth-order valence-electron chi connectivity index (χ4n) is 2.36. The van der Waals surface area contributed by atoms with Crippen molar-refractivity contribution in [3.63, 3.8) is 0 Å². The van der Waals surface area contributed by atoms with Crippen molar-refractivity contribution in [1.82, 2.24) is 0 Å². The molecule has 0 unspecified atom stereocenters. The Hall–Kier alpha value is -2.34. The number of rotatable bonds is 3. The molecule has 0 saturated carbocycles. The van der Waals surface area contributed by atoms with Crippen LogP contribution in [0.15, 0.2) is 50.1 Å². The van der Waals surface area contributed by atoms with Crippen LogP contribution in [-0.2, 0) is 0 Å². The fraction of sp³-hybridized carbons (Fsp3) is 0.118. The summed E-state index contributed by atoms with van der Waals surface area (Å²) in [5, 5.41) is 0.487. The number of benzene rings is 2. The Bertz CT molecular complexity index is 949. The third-order valence-electron chi connectivity index (χ3n) is 3.45. The van der Waals surface area contributed by atoms with Gasteiger partial charge in [0.25, 0.3) is 0 Å². The van der Waals surface area contributed by atoms with Crippen LogP contribution in [-0.4, -0.2) is 14.2 Å². The van der Waals surface area contributed by atoms with Crippen molar-refractivity contribution < 1.29 is 18.3 Å². The smallest absolute Gasteiger partial charge is 0.344 e. The molecule has 3 aromatic rings. The van der Waals surface area contributed by atoms with E-state index in [4.69, 9.17) is 13.9 Å². The van der Waals surface area contributed by atoms with Crippen LogP contribution in [0.4, 0.5) is 4.39 Å². The molecular weight excluding hydrogens is 367 g/mol. The number of halogens is 2. The van der Waals surface area contributed by atoms with Crippen molar-refractivity contribution in [2.45, 2.75) is 0 Å². The van der Waals surface area contributed by atoms with Gasteiger partial charge < -0.3 is 13.9 Å². The van der Waals surface area contributed by atoms with Crippen LogP contribution in [0, 0.1) is 5.82 Å². The minimum Gasteiger partial charge on any atom is -0.493 e. The summed E-state index contributed by atoms with van der Waals surface area (Å²) in [6.45, 7) is 0. The van der Waals surface area contributed by atoms with Crippen LogP contribution in [0.3, 0.4) is 0 Å². The van der Waals surface area contributed by atoms with Gasteiger partial charge in [0, 0.05) is 5.39 Å². The first-order chi connectivity index (χ1) is 11.0. The molecule has 0 aliphatic rings. The molecule has 0 bridgehead atoms. The molecule has 0 N–H and O–H groups in total. The molecule has 0 aliphatic carbocycles. The minimum atomic E-state index is -0.517. The van der Waals surface area contributed by atoms with E-state index in [1.165, 1.54) is 26.4 Å². The van der Waals surface area contributed by atoms with Crippen molar-refractivity contribution in [2.75, 3.05) is 14.2 Å². The van der Waals surface area contributed by atoms with E-state index < -0.39 is 11.4 Å². The van der Waals surface area contributed by atoms with E-state index in [0.717, 1.165) is 0 Å². The largest absolute Gasteiger partial charge is 0.493 e. The number of methoxy groups -OCH3 is 2. The molecule has 0 radical (unpaired) electrons. The number of hydrogen-bond donors (Lipinski definition) is 0. The lowest BCUT2D eigenvalue weighted by Gasteiger charge is -2.09. The van der Waals surface area contributed by atoms with Gasteiger partial charge in [-0.05, 0) is 51.8 Å². The zero-order valence-electron chi connectivity index (χ0n) is 12.4. The molecule has 0 fully saturated rings. The van der Waals surface area contributed by atoms with Gasteiger partial charge in [-0.3, -0.25) is 0 Å². The lowest BCUT2D eigenvalue weighted by atomic mass is 10.1. The maximum Gasteiger partial charge on any atom is 0.344 e. The first-order valence-electron chi connectivity index (χ1n) is 6.69. The Kier molecular flexibility index (Phi) is 4.09. The Labute approximate surface area is 139 Å². The van der Waals surface area contributed by atoms with E-state index >= 15 is 0 Å². The Morgan fingerprint density at radius 2 is 1.78 bits per heavy atom. The van der Waals surface area contributed by atoms with Gasteiger partial charge in [-0.15, -0.1) is 0 Å². The standard InChI is InChI=1S/C17H12BrFO4/c1-21-14-4-3-9(7-15(14)22-2)12-6-10-5-11(19)8-13(18)16(10)23-17(12)20/h3-8H,1-2H3. The van der Waals surface area contributed by atoms with Crippen LogP contribution >= 0.6 is 15.9 Å². The molecule has 6 heteroatoms. The second kappa shape index (κ2) is 6.04. The van der Waals surface area contributed by atoms with E-state index in [1.807, 2.05) is 0 Å². The molecular formula is C17H12BrFO4.